The predicted octanol–water partition coefficient (Wildman–Crippen LogP) is 4.42. The number of fused-ring (bicyclic) bond motifs is 6. The van der Waals surface area contributed by atoms with E-state index in [0.29, 0.717) is 42.3 Å². The fraction of sp³-hybridized carbons (Fsp3) is 0.870. The number of ether oxygens (including phenoxy) is 1. The second-order valence-corrected chi connectivity index (χ2v) is 10.7. The Morgan fingerprint density at radius 3 is 2.52 bits per heavy atom. The van der Waals surface area contributed by atoms with Crippen LogP contribution in [0.25, 0.3) is 0 Å². The zero-order valence-electron chi connectivity index (χ0n) is 16.6. The number of hydrogen-bond acceptors (Lipinski definition) is 4. The monoisotopic (exact) mass is 369 g/mol. The van der Waals surface area contributed by atoms with Crippen LogP contribution in [0.1, 0.15) is 78.1 Å². The molecule has 1 spiro atoms. The highest BCUT2D eigenvalue weighted by Gasteiger charge is 2.68. The third-order valence-electron chi connectivity index (χ3n) is 10.0. The van der Waals surface area contributed by atoms with E-state index in [1.54, 1.807) is 0 Å². The largest absolute Gasteiger partial charge is 0.458 e. The highest BCUT2D eigenvalue weighted by Crippen LogP contribution is 2.71. The van der Waals surface area contributed by atoms with E-state index in [4.69, 9.17) is 4.74 Å². The molecule has 4 saturated carbocycles. The minimum atomic E-state index is -0.278. The van der Waals surface area contributed by atoms with Crippen molar-refractivity contribution in [1.82, 2.24) is 0 Å². The summed E-state index contributed by atoms with van der Waals surface area (Å²) < 4.78 is 6.01. The van der Waals surface area contributed by atoms with Crippen LogP contribution < -0.4 is 0 Å². The number of nitriles is 1. The standard InChI is InChI=1S/C23H31NO3/c1-21-7-3-16(25)12-15(21)11-14(13-24)20-17(21)4-8-22(2)18(20)5-9-23(22)10-6-19(26)27-23/h14-15,17-18,20H,3-12H2,1-2H3. The van der Waals surface area contributed by atoms with E-state index in [9.17, 15) is 14.9 Å². The molecule has 1 aliphatic heterocycles. The first kappa shape index (κ1) is 17.7. The lowest BCUT2D eigenvalue weighted by molar-refractivity contribution is -0.178. The molecule has 146 valence electrons. The van der Waals surface area contributed by atoms with Gasteiger partial charge in [-0.05, 0) is 74.0 Å². The Morgan fingerprint density at radius 1 is 1.04 bits per heavy atom. The predicted molar refractivity (Wildman–Crippen MR) is 99.3 cm³/mol. The van der Waals surface area contributed by atoms with Gasteiger partial charge in [0, 0.05) is 24.7 Å². The fourth-order valence-electron chi connectivity index (χ4n) is 8.49. The molecule has 0 N–H and O–H groups in total. The molecule has 0 radical (unpaired) electrons. The molecule has 4 aliphatic carbocycles. The molecular formula is C23H31NO3. The van der Waals surface area contributed by atoms with Crippen LogP contribution in [0.4, 0.5) is 0 Å². The molecule has 27 heavy (non-hydrogen) atoms. The summed E-state index contributed by atoms with van der Waals surface area (Å²) in [7, 11) is 0. The highest BCUT2D eigenvalue weighted by atomic mass is 16.6. The molecule has 1 saturated heterocycles. The van der Waals surface area contributed by atoms with Crippen LogP contribution in [-0.4, -0.2) is 17.4 Å². The van der Waals surface area contributed by atoms with E-state index >= 15 is 0 Å². The van der Waals surface area contributed by atoms with Crippen LogP contribution in [0.15, 0.2) is 0 Å². The maximum absolute atomic E-state index is 12.1. The minimum absolute atomic E-state index is 0.0170. The van der Waals surface area contributed by atoms with Crippen molar-refractivity contribution < 1.29 is 14.3 Å². The Labute approximate surface area is 162 Å². The number of Topliss-reactive ketones (excluding diaryl/α,β-unsaturated/α-hetero) is 1. The lowest BCUT2D eigenvalue weighted by Crippen LogP contribution is -2.58. The molecule has 4 heteroatoms. The van der Waals surface area contributed by atoms with Crippen molar-refractivity contribution in [2.75, 3.05) is 0 Å². The van der Waals surface area contributed by atoms with Crippen LogP contribution in [0.2, 0.25) is 0 Å². The van der Waals surface area contributed by atoms with Gasteiger partial charge in [-0.3, -0.25) is 9.59 Å². The van der Waals surface area contributed by atoms with Crippen LogP contribution in [-0.2, 0) is 14.3 Å². The van der Waals surface area contributed by atoms with Gasteiger partial charge in [-0.2, -0.15) is 5.26 Å². The Balaban J connectivity index is 1.52. The van der Waals surface area contributed by atoms with Gasteiger partial charge in [-0.25, -0.2) is 0 Å². The number of rotatable bonds is 0. The van der Waals surface area contributed by atoms with Gasteiger partial charge in [0.05, 0.1) is 12.0 Å². The number of ketones is 1. The fourth-order valence-corrected chi connectivity index (χ4v) is 8.49. The van der Waals surface area contributed by atoms with Crippen molar-refractivity contribution in [2.24, 2.45) is 40.4 Å². The number of nitrogens with zero attached hydrogens (tertiary/aromatic N) is 1. The topological polar surface area (TPSA) is 67.2 Å². The molecule has 8 unspecified atom stereocenters. The van der Waals surface area contributed by atoms with Crippen molar-refractivity contribution in [3.05, 3.63) is 0 Å². The van der Waals surface area contributed by atoms with Gasteiger partial charge in [0.25, 0.3) is 0 Å². The lowest BCUT2D eigenvalue weighted by atomic mass is 9.42. The van der Waals surface area contributed by atoms with Gasteiger partial charge in [0.2, 0.25) is 0 Å². The third kappa shape index (κ3) is 2.15. The summed E-state index contributed by atoms with van der Waals surface area (Å²) >= 11 is 0. The minimum Gasteiger partial charge on any atom is -0.458 e. The van der Waals surface area contributed by atoms with E-state index in [1.807, 2.05) is 0 Å². The Kier molecular flexibility index (Phi) is 3.66. The molecule has 5 fully saturated rings. The molecule has 8 atom stereocenters. The van der Waals surface area contributed by atoms with Crippen molar-refractivity contribution in [3.8, 4) is 6.07 Å². The van der Waals surface area contributed by atoms with Gasteiger partial charge in [0.1, 0.15) is 11.4 Å². The van der Waals surface area contributed by atoms with E-state index in [2.05, 4.69) is 19.9 Å². The number of carbonyl (C=O) groups excluding carboxylic acids is 2. The van der Waals surface area contributed by atoms with Crippen LogP contribution in [0.5, 0.6) is 0 Å². The Bertz CT molecular complexity index is 740. The molecule has 1 heterocycles. The van der Waals surface area contributed by atoms with Gasteiger partial charge in [-0.15, -0.1) is 0 Å². The molecule has 0 aromatic heterocycles. The summed E-state index contributed by atoms with van der Waals surface area (Å²) in [4.78, 5) is 24.1. The molecule has 0 bridgehead atoms. The maximum atomic E-state index is 12.1. The molecule has 5 rings (SSSR count). The maximum Gasteiger partial charge on any atom is 0.306 e. The van der Waals surface area contributed by atoms with Crippen LogP contribution in [0, 0.1) is 51.8 Å². The summed E-state index contributed by atoms with van der Waals surface area (Å²) in [6.45, 7) is 4.77. The number of esters is 1. The number of carbonyl (C=O) groups is 2. The van der Waals surface area contributed by atoms with Crippen molar-refractivity contribution in [2.45, 2.75) is 83.7 Å². The summed E-state index contributed by atoms with van der Waals surface area (Å²) in [5.41, 5.74) is -0.0571. The van der Waals surface area contributed by atoms with Crippen LogP contribution >= 0.6 is 0 Å². The third-order valence-corrected chi connectivity index (χ3v) is 10.0. The Morgan fingerprint density at radius 2 is 1.81 bits per heavy atom. The smallest absolute Gasteiger partial charge is 0.306 e. The average Bonchev–Trinajstić information content (AvgIpc) is 3.16. The number of hydrogen-bond donors (Lipinski definition) is 0. The van der Waals surface area contributed by atoms with Gasteiger partial charge in [0.15, 0.2) is 0 Å². The molecule has 0 aromatic rings. The zero-order chi connectivity index (χ0) is 19.0. The molecule has 0 amide bonds. The summed E-state index contributed by atoms with van der Waals surface area (Å²) in [6, 6.07) is 2.67. The van der Waals surface area contributed by atoms with Gasteiger partial charge >= 0.3 is 5.97 Å². The molecule has 4 nitrogen and oxygen atoms in total. The second kappa shape index (κ2) is 5.58. The molecule has 0 aromatic carbocycles. The zero-order valence-corrected chi connectivity index (χ0v) is 16.6. The summed E-state index contributed by atoms with van der Waals surface area (Å²) in [6.07, 6.45) is 8.98. The van der Waals surface area contributed by atoms with Gasteiger partial charge < -0.3 is 4.74 Å². The average molecular weight is 370 g/mol. The summed E-state index contributed by atoms with van der Waals surface area (Å²) in [5, 5.41) is 10.1. The van der Waals surface area contributed by atoms with E-state index < -0.39 is 0 Å². The molecular weight excluding hydrogens is 338 g/mol. The quantitative estimate of drug-likeness (QED) is 0.593. The van der Waals surface area contributed by atoms with Gasteiger partial charge in [-0.1, -0.05) is 13.8 Å². The van der Waals surface area contributed by atoms with Crippen LogP contribution in [0.3, 0.4) is 0 Å². The highest BCUT2D eigenvalue weighted by molar-refractivity contribution is 5.79. The van der Waals surface area contributed by atoms with Crippen molar-refractivity contribution in [1.29, 1.82) is 5.26 Å². The first-order valence-corrected chi connectivity index (χ1v) is 11.0. The first-order chi connectivity index (χ1) is 12.8. The summed E-state index contributed by atoms with van der Waals surface area (Å²) in [5.74, 6) is 2.22. The first-order valence-electron chi connectivity index (χ1n) is 11.0. The lowest BCUT2D eigenvalue weighted by Gasteiger charge is -2.62. The van der Waals surface area contributed by atoms with Crippen molar-refractivity contribution >= 4 is 11.8 Å². The second-order valence-electron chi connectivity index (χ2n) is 10.7. The van der Waals surface area contributed by atoms with E-state index in [-0.39, 0.29) is 28.3 Å². The SMILES string of the molecule is CC12CCC(=O)CC1CC(C#N)C1C2CCC2(C)C1CCC21CCC(=O)O1. The normalized spacial score (nSPS) is 54.0. The van der Waals surface area contributed by atoms with Crippen molar-refractivity contribution in [3.63, 3.8) is 0 Å². The molecule has 5 aliphatic rings. The Hall–Kier alpha value is -1.37. The van der Waals surface area contributed by atoms with E-state index in [0.717, 1.165) is 51.4 Å². The van der Waals surface area contributed by atoms with E-state index in [1.165, 1.54) is 0 Å².